The second-order valence-corrected chi connectivity index (χ2v) is 2.61. The molecule has 1 rings (SSSR count). The van der Waals surface area contributed by atoms with Gasteiger partial charge in [-0.05, 0) is 23.8 Å². The van der Waals surface area contributed by atoms with Crippen LogP contribution in [0.5, 0.6) is 0 Å². The summed E-state index contributed by atoms with van der Waals surface area (Å²) < 4.78 is 35.3. The minimum Gasteiger partial charge on any atom is -0.872 e. The molecule has 0 atom stereocenters. The number of carbonyl (C=O) groups is 1. The van der Waals surface area contributed by atoms with E-state index in [2.05, 4.69) is 4.98 Å². The first kappa shape index (κ1) is 15.2. The summed E-state index contributed by atoms with van der Waals surface area (Å²) in [7, 11) is 0. The van der Waals surface area contributed by atoms with E-state index >= 15 is 0 Å². The first-order valence-corrected chi connectivity index (χ1v) is 3.81. The van der Waals surface area contributed by atoms with Crippen molar-refractivity contribution in [2.45, 2.75) is 6.18 Å². The van der Waals surface area contributed by atoms with Crippen LogP contribution in [0.3, 0.4) is 0 Å². The summed E-state index contributed by atoms with van der Waals surface area (Å²) in [4.78, 5) is 14.0. The van der Waals surface area contributed by atoms with Crippen molar-refractivity contribution in [2.24, 2.45) is 0 Å². The van der Waals surface area contributed by atoms with Crippen molar-refractivity contribution in [1.29, 1.82) is 0 Å². The third-order valence-corrected chi connectivity index (χ3v) is 1.51. The monoisotopic (exact) mass is 239 g/mol. The van der Waals surface area contributed by atoms with Gasteiger partial charge in [-0.15, -0.1) is 0 Å². The Kier molecular flexibility index (Phi) is 5.71. The zero-order chi connectivity index (χ0) is 11.5. The molecule has 0 aliphatic heterocycles. The molecular formula is C9H5F3NNaO2-. The van der Waals surface area contributed by atoms with Gasteiger partial charge in [0.25, 0.3) is 5.78 Å². The molecule has 1 aromatic rings. The molecule has 81 valence electrons. The van der Waals surface area contributed by atoms with E-state index in [0.717, 1.165) is 0 Å². The van der Waals surface area contributed by atoms with Crippen molar-refractivity contribution in [3.63, 3.8) is 0 Å². The average molecular weight is 239 g/mol. The predicted octanol–water partition coefficient (Wildman–Crippen LogP) is 0.533. The minimum absolute atomic E-state index is 0. The van der Waals surface area contributed by atoms with E-state index in [0.29, 0.717) is 0 Å². The molecular weight excluding hydrogens is 234 g/mol. The van der Waals surface area contributed by atoms with Gasteiger partial charge in [-0.1, -0.05) is 5.76 Å². The van der Waals surface area contributed by atoms with Gasteiger partial charge in [0.1, 0.15) is 0 Å². The topological polar surface area (TPSA) is 53.0 Å². The maximum absolute atomic E-state index is 11.8. The molecule has 0 aliphatic rings. The maximum atomic E-state index is 11.8. The van der Waals surface area contributed by atoms with E-state index in [9.17, 15) is 23.1 Å². The fourth-order valence-electron chi connectivity index (χ4n) is 0.800. The summed E-state index contributed by atoms with van der Waals surface area (Å²) in [6.07, 6.45) is -2.49. The van der Waals surface area contributed by atoms with Gasteiger partial charge in [0.15, 0.2) is 0 Å². The molecule has 1 heterocycles. The fourth-order valence-corrected chi connectivity index (χ4v) is 0.800. The van der Waals surface area contributed by atoms with Crippen LogP contribution in [-0.2, 0) is 4.79 Å². The standard InChI is InChI=1S/C9H6F3NO2.Na/c10-9(11,12)8(15)5-7(14)6-1-3-13-4-2-6;/h1-5,14H;/p-1/b7-5-;. The average Bonchev–Trinajstić information content (AvgIpc) is 2.17. The number of pyridine rings is 1. The van der Waals surface area contributed by atoms with Crippen molar-refractivity contribution >= 4 is 41.1 Å². The van der Waals surface area contributed by atoms with Crippen LogP contribution in [0.1, 0.15) is 5.56 Å². The van der Waals surface area contributed by atoms with E-state index in [-0.39, 0.29) is 41.2 Å². The van der Waals surface area contributed by atoms with Crippen molar-refractivity contribution in [3.8, 4) is 0 Å². The first-order valence-electron chi connectivity index (χ1n) is 3.81. The van der Waals surface area contributed by atoms with E-state index in [4.69, 9.17) is 0 Å². The van der Waals surface area contributed by atoms with Gasteiger partial charge in [-0.2, -0.15) is 13.2 Å². The summed E-state index contributed by atoms with van der Waals surface area (Å²) in [6, 6.07) is 2.45. The van der Waals surface area contributed by atoms with Crippen molar-refractivity contribution in [1.82, 2.24) is 4.98 Å². The Hall–Kier alpha value is -0.850. The predicted molar refractivity (Wildman–Crippen MR) is 49.0 cm³/mol. The fraction of sp³-hybridized carbons (Fsp3) is 0.111. The number of rotatable bonds is 2. The van der Waals surface area contributed by atoms with Gasteiger partial charge < -0.3 is 5.11 Å². The molecule has 0 N–H and O–H groups in total. The molecule has 0 saturated heterocycles. The van der Waals surface area contributed by atoms with Gasteiger partial charge in [0.2, 0.25) is 0 Å². The molecule has 0 aromatic carbocycles. The summed E-state index contributed by atoms with van der Waals surface area (Å²) in [5.74, 6) is -3.15. The van der Waals surface area contributed by atoms with Crippen LogP contribution in [0.15, 0.2) is 30.6 Å². The van der Waals surface area contributed by atoms with Gasteiger partial charge in [-0.25, -0.2) is 0 Å². The summed E-state index contributed by atoms with van der Waals surface area (Å²) >= 11 is 0. The third-order valence-electron chi connectivity index (χ3n) is 1.51. The van der Waals surface area contributed by atoms with Crippen LogP contribution in [0.25, 0.3) is 5.76 Å². The number of hydrogen-bond acceptors (Lipinski definition) is 3. The molecule has 3 nitrogen and oxygen atoms in total. The number of hydrogen-bond donors (Lipinski definition) is 0. The van der Waals surface area contributed by atoms with Crippen LogP contribution in [0.2, 0.25) is 0 Å². The Bertz CT molecular complexity index is 389. The number of aromatic nitrogens is 1. The van der Waals surface area contributed by atoms with Gasteiger partial charge in [0.05, 0.1) is 0 Å². The Morgan fingerprint density at radius 1 is 1.31 bits per heavy atom. The number of allylic oxidation sites excluding steroid dienone is 1. The smallest absolute Gasteiger partial charge is 0.454 e. The van der Waals surface area contributed by atoms with Crippen molar-refractivity contribution < 1.29 is 23.1 Å². The zero-order valence-corrected chi connectivity index (χ0v) is 10.3. The van der Waals surface area contributed by atoms with Crippen molar-refractivity contribution in [2.75, 3.05) is 0 Å². The SMILES string of the molecule is O=C(/C=C(\[O-])c1ccncc1)C(F)(F)F.[Na]. The second-order valence-electron chi connectivity index (χ2n) is 2.61. The Morgan fingerprint density at radius 2 is 1.81 bits per heavy atom. The summed E-state index contributed by atoms with van der Waals surface area (Å²) in [5, 5.41) is 11.1. The molecule has 0 amide bonds. The van der Waals surface area contributed by atoms with Crippen LogP contribution < -0.4 is 5.11 Å². The first-order chi connectivity index (χ1) is 6.91. The molecule has 16 heavy (non-hydrogen) atoms. The molecule has 0 aliphatic carbocycles. The summed E-state index contributed by atoms with van der Waals surface area (Å²) in [5.41, 5.74) is -0.0115. The molecule has 7 heteroatoms. The quantitative estimate of drug-likeness (QED) is 0.430. The maximum Gasteiger partial charge on any atom is 0.454 e. The molecule has 1 aromatic heterocycles. The Morgan fingerprint density at radius 3 is 2.25 bits per heavy atom. The molecule has 0 bridgehead atoms. The Labute approximate surface area is 111 Å². The van der Waals surface area contributed by atoms with Gasteiger partial charge in [-0.3, -0.25) is 9.78 Å². The number of ketones is 1. The molecule has 0 spiro atoms. The number of nitrogens with zero attached hydrogens (tertiary/aromatic N) is 1. The molecule has 0 fully saturated rings. The number of halogens is 3. The van der Waals surface area contributed by atoms with Crippen LogP contribution in [-0.4, -0.2) is 46.5 Å². The number of alkyl halides is 3. The van der Waals surface area contributed by atoms with Crippen LogP contribution >= 0.6 is 0 Å². The zero-order valence-electron chi connectivity index (χ0n) is 8.28. The summed E-state index contributed by atoms with van der Waals surface area (Å²) in [6.45, 7) is 0. The van der Waals surface area contributed by atoms with Crippen LogP contribution in [0, 0.1) is 0 Å². The normalized spacial score (nSPS) is 11.8. The molecule has 0 unspecified atom stereocenters. The van der Waals surface area contributed by atoms with Crippen LogP contribution in [0.4, 0.5) is 13.2 Å². The third kappa shape index (κ3) is 4.34. The second kappa shape index (κ2) is 6.03. The largest absolute Gasteiger partial charge is 0.872 e. The number of carbonyl (C=O) groups excluding carboxylic acids is 1. The minimum atomic E-state index is -5.01. The molecule has 1 radical (unpaired) electrons. The van der Waals surface area contributed by atoms with Gasteiger partial charge in [0, 0.05) is 42.0 Å². The van der Waals surface area contributed by atoms with Crippen molar-refractivity contribution in [3.05, 3.63) is 36.2 Å². The Balaban J connectivity index is 0.00000225. The molecule has 0 saturated carbocycles. The van der Waals surface area contributed by atoms with E-state index in [1.165, 1.54) is 24.5 Å². The van der Waals surface area contributed by atoms with E-state index in [1.807, 2.05) is 0 Å². The van der Waals surface area contributed by atoms with Gasteiger partial charge >= 0.3 is 6.18 Å². The van der Waals surface area contributed by atoms with E-state index in [1.54, 1.807) is 0 Å². The van der Waals surface area contributed by atoms with E-state index < -0.39 is 17.7 Å².